The van der Waals surface area contributed by atoms with Gasteiger partial charge in [0.2, 0.25) is 5.95 Å². The second-order valence-corrected chi connectivity index (χ2v) is 21.7. The Morgan fingerprint density at radius 1 is 0.280 bits per heavy atom. The van der Waals surface area contributed by atoms with Crippen LogP contribution in [0, 0.1) is 0 Å². The molecule has 0 saturated carbocycles. The molecule has 10 heteroatoms. The van der Waals surface area contributed by atoms with Crippen molar-refractivity contribution >= 4 is 97.1 Å². The Morgan fingerprint density at radius 2 is 0.793 bits per heavy atom. The summed E-state index contributed by atoms with van der Waals surface area (Å²) in [7, 11) is 0. The average Bonchev–Trinajstić information content (AvgIpc) is 4.24. The summed E-state index contributed by atoms with van der Waals surface area (Å²) >= 11 is 1.84. The van der Waals surface area contributed by atoms with Gasteiger partial charge in [-0.15, -0.1) is 11.3 Å². The van der Waals surface area contributed by atoms with Gasteiger partial charge in [0.15, 0.2) is 29.1 Å². The van der Waals surface area contributed by atoms with Crippen LogP contribution in [0.25, 0.3) is 165 Å². The van der Waals surface area contributed by atoms with Crippen molar-refractivity contribution in [2.75, 3.05) is 0 Å². The van der Waals surface area contributed by atoms with Crippen LogP contribution in [0.15, 0.2) is 259 Å². The predicted molar refractivity (Wildman–Crippen MR) is 335 cm³/mol. The number of aromatic nitrogens is 8. The molecule has 0 N–H and O–H groups in total. The summed E-state index contributed by atoms with van der Waals surface area (Å²) in [5, 5.41) is 9.14. The molecule has 0 fully saturated rings. The third-order valence-electron chi connectivity index (χ3n) is 15.8. The Bertz CT molecular complexity index is 5340. The first-order valence-corrected chi connectivity index (χ1v) is 28.1. The minimum Gasteiger partial charge on any atom is -0.455 e. The Hall–Kier alpha value is -10.9. The summed E-state index contributed by atoms with van der Waals surface area (Å²) in [6.07, 6.45) is 0. The molecule has 0 radical (unpaired) electrons. The van der Waals surface area contributed by atoms with E-state index in [4.69, 9.17) is 34.3 Å². The molecule has 11 aromatic carbocycles. The largest absolute Gasteiger partial charge is 0.455 e. The van der Waals surface area contributed by atoms with Crippen molar-refractivity contribution in [3.8, 4) is 79.7 Å². The Balaban J connectivity index is 0.754. The van der Waals surface area contributed by atoms with Crippen LogP contribution in [0.5, 0.6) is 0 Å². The van der Waals surface area contributed by atoms with Crippen molar-refractivity contribution in [2.45, 2.75) is 0 Å². The van der Waals surface area contributed by atoms with Crippen LogP contribution in [-0.2, 0) is 0 Å². The highest BCUT2D eigenvalue weighted by atomic mass is 32.1. The van der Waals surface area contributed by atoms with E-state index in [0.29, 0.717) is 35.1 Å². The average molecular weight is 1070 g/mol. The van der Waals surface area contributed by atoms with E-state index < -0.39 is 0 Å². The monoisotopic (exact) mass is 1070 g/mol. The zero-order valence-electron chi connectivity index (χ0n) is 43.6. The Labute approximate surface area is 472 Å². The van der Waals surface area contributed by atoms with Crippen LogP contribution in [0.4, 0.5) is 0 Å². The van der Waals surface area contributed by atoms with E-state index in [9.17, 15) is 0 Å². The molecule has 0 aliphatic rings. The number of hydrogen-bond donors (Lipinski definition) is 0. The van der Waals surface area contributed by atoms with Crippen molar-refractivity contribution < 1.29 is 4.42 Å². The molecule has 6 heterocycles. The molecule has 17 aromatic rings. The third kappa shape index (κ3) is 7.39. The van der Waals surface area contributed by atoms with E-state index in [-0.39, 0.29) is 0 Å². The minimum absolute atomic E-state index is 0.528. The highest BCUT2D eigenvalue weighted by molar-refractivity contribution is 7.25. The van der Waals surface area contributed by atoms with Crippen LogP contribution in [0.1, 0.15) is 0 Å². The Kier molecular flexibility index (Phi) is 10.3. The molecule has 0 amide bonds. The van der Waals surface area contributed by atoms with Crippen LogP contribution in [0.3, 0.4) is 0 Å². The van der Waals surface area contributed by atoms with Crippen LogP contribution >= 0.6 is 11.3 Å². The first-order valence-electron chi connectivity index (χ1n) is 27.3. The molecular formula is C72H42N8OS. The Morgan fingerprint density at radius 3 is 1.48 bits per heavy atom. The van der Waals surface area contributed by atoms with Crippen LogP contribution < -0.4 is 0 Å². The lowest BCUT2D eigenvalue weighted by Crippen LogP contribution is -2.06. The van der Waals surface area contributed by atoms with E-state index in [2.05, 4.69) is 173 Å². The van der Waals surface area contributed by atoms with Crippen molar-refractivity contribution in [3.05, 3.63) is 255 Å². The van der Waals surface area contributed by atoms with Crippen molar-refractivity contribution in [3.63, 3.8) is 0 Å². The van der Waals surface area contributed by atoms with Crippen molar-refractivity contribution in [1.29, 1.82) is 0 Å². The second kappa shape index (κ2) is 18.3. The molecule has 9 nitrogen and oxygen atoms in total. The fourth-order valence-electron chi connectivity index (χ4n) is 12.0. The molecule has 82 heavy (non-hydrogen) atoms. The van der Waals surface area contributed by atoms with E-state index in [1.54, 1.807) is 0 Å². The summed E-state index contributed by atoms with van der Waals surface area (Å²) in [5.74, 6) is 3.50. The van der Waals surface area contributed by atoms with Crippen molar-refractivity contribution in [1.82, 2.24) is 39.0 Å². The summed E-state index contributed by atoms with van der Waals surface area (Å²) in [6, 6.07) is 88.6. The summed E-state index contributed by atoms with van der Waals surface area (Å²) < 4.78 is 14.1. The van der Waals surface area contributed by atoms with Gasteiger partial charge in [0.05, 0.1) is 27.5 Å². The third-order valence-corrected chi connectivity index (χ3v) is 17.0. The lowest BCUT2D eigenvalue weighted by molar-refractivity contribution is 0.673. The predicted octanol–water partition coefficient (Wildman–Crippen LogP) is 18.5. The molecule has 0 aliphatic carbocycles. The standard InChI is InChI=1S/C72H42N8OS/c1-4-17-43(18-5-1)67-73-68(46-31-34-50(35-32-46)79-58-28-13-10-25-51(58)56-41-57-53-26-12-15-30-63(53)82-64(57)42-61(56)79)75-71(74-67)49-24-16-23-47(39-49)48-33-36-52-54-37-38-60-65(66(54)81-62(52)40-48)55-27-11-14-29-59(55)80(60)72-77-69(44-19-6-2-7-20-44)76-70(78-72)45-21-8-3-9-22-45/h1-42H. The van der Waals surface area contributed by atoms with E-state index in [0.717, 1.165) is 93.9 Å². The van der Waals surface area contributed by atoms with Gasteiger partial charge in [0.25, 0.3) is 0 Å². The smallest absolute Gasteiger partial charge is 0.238 e. The number of rotatable bonds is 8. The van der Waals surface area contributed by atoms with Gasteiger partial charge in [-0.3, -0.25) is 4.57 Å². The molecular weight excluding hydrogens is 1020 g/mol. The number of nitrogens with zero attached hydrogens (tertiary/aromatic N) is 8. The number of hydrogen-bond acceptors (Lipinski definition) is 8. The summed E-state index contributed by atoms with van der Waals surface area (Å²) in [6.45, 7) is 0. The van der Waals surface area contributed by atoms with Gasteiger partial charge in [-0.25, -0.2) is 19.9 Å². The first kappa shape index (κ1) is 46.0. The molecule has 0 spiro atoms. The van der Waals surface area contributed by atoms with E-state index >= 15 is 0 Å². The summed E-state index contributed by atoms with van der Waals surface area (Å²) in [5.41, 5.74) is 13.4. The van der Waals surface area contributed by atoms with Crippen molar-refractivity contribution in [2.24, 2.45) is 0 Å². The molecule has 382 valence electrons. The number of furan rings is 1. The van der Waals surface area contributed by atoms with Gasteiger partial charge in [0.1, 0.15) is 11.2 Å². The van der Waals surface area contributed by atoms with Crippen LogP contribution in [-0.4, -0.2) is 39.0 Å². The van der Waals surface area contributed by atoms with Gasteiger partial charge in [-0.2, -0.15) is 9.97 Å². The number of para-hydroxylation sites is 2. The van der Waals surface area contributed by atoms with Gasteiger partial charge in [0, 0.05) is 80.6 Å². The fraction of sp³-hybridized carbons (Fsp3) is 0. The number of benzene rings is 11. The van der Waals surface area contributed by atoms with Gasteiger partial charge < -0.3 is 8.98 Å². The zero-order valence-corrected chi connectivity index (χ0v) is 44.5. The van der Waals surface area contributed by atoms with Gasteiger partial charge in [-0.1, -0.05) is 170 Å². The maximum Gasteiger partial charge on any atom is 0.238 e. The normalized spacial score (nSPS) is 11.9. The molecule has 0 bridgehead atoms. The quantitative estimate of drug-likeness (QED) is 0.149. The molecule has 17 rings (SSSR count). The highest BCUT2D eigenvalue weighted by Crippen LogP contribution is 2.44. The van der Waals surface area contributed by atoms with Gasteiger partial charge >= 0.3 is 0 Å². The van der Waals surface area contributed by atoms with Crippen LogP contribution in [0.2, 0.25) is 0 Å². The maximum absolute atomic E-state index is 7.02. The van der Waals surface area contributed by atoms with E-state index in [1.807, 2.05) is 102 Å². The molecule has 0 aliphatic heterocycles. The molecule has 0 saturated heterocycles. The lowest BCUT2D eigenvalue weighted by Gasteiger charge is -2.11. The molecule has 0 unspecified atom stereocenters. The zero-order chi connectivity index (χ0) is 53.8. The first-order chi connectivity index (χ1) is 40.6. The van der Waals surface area contributed by atoms with E-state index in [1.165, 1.54) is 36.5 Å². The fourth-order valence-corrected chi connectivity index (χ4v) is 13.1. The topological polar surface area (TPSA) is 100 Å². The summed E-state index contributed by atoms with van der Waals surface area (Å²) in [4.78, 5) is 30.8. The second-order valence-electron chi connectivity index (χ2n) is 20.6. The highest BCUT2D eigenvalue weighted by Gasteiger charge is 2.23. The maximum atomic E-state index is 7.02. The lowest BCUT2D eigenvalue weighted by atomic mass is 10.0. The number of fused-ring (bicyclic) bond motifs is 13. The SMILES string of the molecule is c1ccc(-c2nc(-c3ccc(-n4c5ccccc5c5cc6c(cc54)sc4ccccc46)cc3)nc(-c3cccc(-c4ccc5c(c4)oc4c5ccc5c4c4ccccc4n5-c4nc(-c5ccccc5)nc(-c5ccccc5)n4)c3)n2)cc1. The number of thiophene rings is 1. The molecule has 6 aromatic heterocycles. The van der Waals surface area contributed by atoms with Gasteiger partial charge in [-0.05, 0) is 96.1 Å². The minimum atomic E-state index is 0.528. The molecule has 0 atom stereocenters.